The van der Waals surface area contributed by atoms with Crippen molar-refractivity contribution in [2.75, 3.05) is 43.4 Å². The maximum Gasteiger partial charge on any atom is 0.264 e. The van der Waals surface area contributed by atoms with Gasteiger partial charge in [0, 0.05) is 54.4 Å². The first-order valence-corrected chi connectivity index (χ1v) is 19.1. The van der Waals surface area contributed by atoms with Crippen molar-refractivity contribution in [1.82, 2.24) is 25.4 Å². The Kier molecular flexibility index (Phi) is 12.2. The third kappa shape index (κ3) is 8.54. The Morgan fingerprint density at radius 2 is 1.69 bits per heavy atom. The van der Waals surface area contributed by atoms with Crippen LogP contribution in [0, 0.1) is 19.7 Å². The lowest BCUT2D eigenvalue weighted by molar-refractivity contribution is -0.136. The van der Waals surface area contributed by atoms with Crippen LogP contribution in [0.5, 0.6) is 0 Å². The van der Waals surface area contributed by atoms with E-state index in [0.717, 1.165) is 68.6 Å². The highest BCUT2D eigenvalue weighted by Crippen LogP contribution is 2.35. The minimum atomic E-state index is -0.990. The Balaban J connectivity index is 0.878. The molecule has 6 rings (SSSR count). The maximum absolute atomic E-state index is 13.9. The van der Waals surface area contributed by atoms with Crippen molar-refractivity contribution in [3.05, 3.63) is 81.4 Å². The maximum atomic E-state index is 13.9. The molecule has 3 aliphatic heterocycles. The zero-order valence-electron chi connectivity index (χ0n) is 31.5. The van der Waals surface area contributed by atoms with E-state index in [-0.39, 0.29) is 35.8 Å². The van der Waals surface area contributed by atoms with Crippen LogP contribution in [0.3, 0.4) is 0 Å². The van der Waals surface area contributed by atoms with E-state index in [1.807, 2.05) is 13.8 Å². The second-order valence-corrected chi connectivity index (χ2v) is 14.3. The number of aromatic amines is 1. The van der Waals surface area contributed by atoms with Crippen LogP contribution in [0.4, 0.5) is 15.8 Å². The highest BCUT2D eigenvalue weighted by Gasteiger charge is 2.45. The number of rotatable bonds is 17. The molecule has 13 nitrogen and oxygen atoms in total. The summed E-state index contributed by atoms with van der Waals surface area (Å²) in [5.74, 6) is -2.99. The Labute approximate surface area is 319 Å². The monoisotopic (exact) mass is 753 g/mol. The van der Waals surface area contributed by atoms with E-state index in [4.69, 9.17) is 0 Å². The van der Waals surface area contributed by atoms with Gasteiger partial charge >= 0.3 is 0 Å². The van der Waals surface area contributed by atoms with Gasteiger partial charge in [-0.1, -0.05) is 38.7 Å². The predicted octanol–water partition coefficient (Wildman–Crippen LogP) is 5.17. The minimum absolute atomic E-state index is 0.0787. The molecular weight excluding hydrogens is 705 g/mol. The second-order valence-electron chi connectivity index (χ2n) is 14.3. The fourth-order valence-corrected chi connectivity index (χ4v) is 7.60. The summed E-state index contributed by atoms with van der Waals surface area (Å²) >= 11 is 0. The van der Waals surface area contributed by atoms with Crippen LogP contribution in [0.1, 0.15) is 112 Å². The SMILES string of the molecule is CCN(CCCCCCCCNc1cccc2c1C(=O)N(C1CCC(=O)NC1=O)C2=O)CCNC(=O)c1c(C)[nH]c(/C=C2\C(=O)Nc3ccc(F)cc32)c1C. The third-order valence-electron chi connectivity index (χ3n) is 10.6. The van der Waals surface area contributed by atoms with Crippen LogP contribution in [0.15, 0.2) is 36.4 Å². The van der Waals surface area contributed by atoms with Crippen molar-refractivity contribution < 1.29 is 33.2 Å². The van der Waals surface area contributed by atoms with E-state index in [0.29, 0.717) is 52.6 Å². The number of nitrogens with zero attached hydrogens (tertiary/aromatic N) is 2. The summed E-state index contributed by atoms with van der Waals surface area (Å²) in [6, 6.07) is 8.25. The molecule has 0 radical (unpaired) electrons. The van der Waals surface area contributed by atoms with Crippen LogP contribution in [0.2, 0.25) is 0 Å². The number of benzene rings is 2. The molecule has 55 heavy (non-hydrogen) atoms. The largest absolute Gasteiger partial charge is 0.384 e. The number of carbonyl (C=O) groups excluding carboxylic acids is 6. The molecule has 14 heteroatoms. The molecule has 1 fully saturated rings. The van der Waals surface area contributed by atoms with Gasteiger partial charge in [0.15, 0.2) is 0 Å². The van der Waals surface area contributed by atoms with Gasteiger partial charge in [-0.3, -0.25) is 39.0 Å². The molecule has 5 N–H and O–H groups in total. The summed E-state index contributed by atoms with van der Waals surface area (Å²) in [6.07, 6.45) is 8.07. The van der Waals surface area contributed by atoms with Gasteiger partial charge in [0.25, 0.3) is 23.6 Å². The van der Waals surface area contributed by atoms with Crippen molar-refractivity contribution in [1.29, 1.82) is 0 Å². The van der Waals surface area contributed by atoms with Gasteiger partial charge in [0.2, 0.25) is 11.8 Å². The lowest BCUT2D eigenvalue weighted by Crippen LogP contribution is -2.54. The van der Waals surface area contributed by atoms with Gasteiger partial charge in [0.05, 0.1) is 22.3 Å². The fraction of sp³-hybridized carbons (Fsp3) is 0.415. The number of nitrogens with one attached hydrogen (secondary N) is 5. The lowest BCUT2D eigenvalue weighted by atomic mass is 10.0. The molecule has 3 aliphatic rings. The number of amides is 6. The molecule has 290 valence electrons. The first-order valence-electron chi connectivity index (χ1n) is 19.1. The summed E-state index contributed by atoms with van der Waals surface area (Å²) < 4.78 is 13.9. The zero-order chi connectivity index (χ0) is 39.2. The number of H-pyrrole nitrogens is 1. The van der Waals surface area contributed by atoms with E-state index in [2.05, 4.69) is 38.1 Å². The number of likely N-dealkylation sites (N-methyl/N-ethyl adjacent to an activating group) is 1. The summed E-state index contributed by atoms with van der Waals surface area (Å²) in [4.78, 5) is 82.6. The van der Waals surface area contributed by atoms with Gasteiger partial charge in [-0.05, 0) is 88.2 Å². The molecule has 1 atom stereocenters. The number of fused-ring (bicyclic) bond motifs is 2. The van der Waals surface area contributed by atoms with E-state index < -0.39 is 35.5 Å². The van der Waals surface area contributed by atoms with Crippen LogP contribution in [-0.4, -0.2) is 89.0 Å². The fourth-order valence-electron chi connectivity index (χ4n) is 7.60. The van der Waals surface area contributed by atoms with Crippen LogP contribution in [0.25, 0.3) is 11.6 Å². The quantitative estimate of drug-likeness (QED) is 0.0714. The Bertz CT molecular complexity index is 2060. The Morgan fingerprint density at radius 3 is 2.45 bits per heavy atom. The number of carbonyl (C=O) groups is 6. The molecule has 1 aromatic heterocycles. The molecule has 6 amide bonds. The topological polar surface area (TPSA) is 173 Å². The second kappa shape index (κ2) is 17.2. The number of aromatic nitrogens is 1. The van der Waals surface area contributed by atoms with E-state index in [9.17, 15) is 33.2 Å². The smallest absolute Gasteiger partial charge is 0.264 e. The van der Waals surface area contributed by atoms with Crippen molar-refractivity contribution >= 4 is 58.5 Å². The molecule has 1 saturated heterocycles. The standard InChI is InChI=1S/C41H48FN7O6/c1-4-48(21-19-44-39(53)35-24(2)32(45-25(35)3)23-29-28-22-26(42)14-15-30(28)46-37(29)51)20-10-8-6-5-7-9-18-43-31-13-11-12-27-36(31)41(55)49(40(27)54)33-16-17-34(50)47-38(33)52/h11-15,22-23,33,43,45H,4-10,16-21H2,1-3H3,(H,44,53)(H,46,51)(H,47,50,52)/b29-23-. The zero-order valence-corrected chi connectivity index (χ0v) is 31.5. The number of anilines is 2. The summed E-state index contributed by atoms with van der Waals surface area (Å²) in [6.45, 7) is 9.41. The average Bonchev–Trinajstić information content (AvgIpc) is 3.72. The molecule has 0 bridgehead atoms. The van der Waals surface area contributed by atoms with Crippen molar-refractivity contribution in [3.63, 3.8) is 0 Å². The molecule has 0 saturated carbocycles. The molecule has 4 heterocycles. The number of unbranched alkanes of at least 4 members (excludes halogenated alkanes) is 5. The molecular formula is C41H48FN7O6. The normalized spacial score (nSPS) is 17.2. The number of hydrogen-bond donors (Lipinski definition) is 5. The van der Waals surface area contributed by atoms with E-state index >= 15 is 0 Å². The lowest BCUT2D eigenvalue weighted by Gasteiger charge is -2.27. The van der Waals surface area contributed by atoms with Crippen molar-refractivity contribution in [2.45, 2.75) is 78.2 Å². The molecule has 2 aromatic carbocycles. The van der Waals surface area contributed by atoms with Gasteiger partial charge < -0.3 is 25.8 Å². The Morgan fingerprint density at radius 1 is 0.927 bits per heavy atom. The van der Waals surface area contributed by atoms with Gasteiger partial charge in [-0.2, -0.15) is 0 Å². The first-order chi connectivity index (χ1) is 26.5. The van der Waals surface area contributed by atoms with E-state index in [1.54, 1.807) is 24.3 Å². The van der Waals surface area contributed by atoms with Gasteiger partial charge in [-0.25, -0.2) is 4.39 Å². The van der Waals surface area contributed by atoms with Crippen LogP contribution < -0.4 is 21.3 Å². The number of halogens is 1. The Hall–Kier alpha value is -5.63. The highest BCUT2D eigenvalue weighted by molar-refractivity contribution is 6.35. The summed E-state index contributed by atoms with van der Waals surface area (Å²) in [7, 11) is 0. The molecule has 0 spiro atoms. The molecule has 3 aromatic rings. The molecule has 1 unspecified atom stereocenters. The summed E-state index contributed by atoms with van der Waals surface area (Å²) in [5.41, 5.74) is 5.07. The van der Waals surface area contributed by atoms with Gasteiger partial charge in [-0.15, -0.1) is 0 Å². The van der Waals surface area contributed by atoms with Crippen molar-refractivity contribution in [2.24, 2.45) is 0 Å². The number of imide groups is 2. The van der Waals surface area contributed by atoms with Crippen LogP contribution >= 0.6 is 0 Å². The molecule has 0 aliphatic carbocycles. The van der Waals surface area contributed by atoms with E-state index in [1.165, 1.54) is 18.2 Å². The number of piperidine rings is 1. The van der Waals surface area contributed by atoms with Crippen molar-refractivity contribution in [3.8, 4) is 0 Å². The number of hydrogen-bond acceptors (Lipinski definition) is 8. The highest BCUT2D eigenvalue weighted by atomic mass is 19.1. The number of aryl methyl sites for hydroxylation is 1. The average molecular weight is 754 g/mol. The minimum Gasteiger partial charge on any atom is -0.384 e. The first kappa shape index (κ1) is 39.1. The third-order valence-corrected chi connectivity index (χ3v) is 10.6. The van der Waals surface area contributed by atoms with Crippen LogP contribution in [-0.2, 0) is 14.4 Å². The van der Waals surface area contributed by atoms with Gasteiger partial charge in [0.1, 0.15) is 11.9 Å². The summed E-state index contributed by atoms with van der Waals surface area (Å²) in [5, 5.41) is 11.3. The predicted molar refractivity (Wildman–Crippen MR) is 207 cm³/mol.